The van der Waals surface area contributed by atoms with Crippen molar-refractivity contribution in [2.45, 2.75) is 25.5 Å². The minimum Gasteiger partial charge on any atom is -0.376 e. The highest BCUT2D eigenvalue weighted by atomic mass is 19.1. The van der Waals surface area contributed by atoms with Gasteiger partial charge in [-0.2, -0.15) is 0 Å². The van der Waals surface area contributed by atoms with E-state index in [1.165, 1.54) is 18.5 Å². The molecule has 0 radical (unpaired) electrons. The molecular weight excluding hydrogens is 316 g/mol. The summed E-state index contributed by atoms with van der Waals surface area (Å²) in [4.78, 5) is 12.7. The van der Waals surface area contributed by atoms with Crippen LogP contribution in [0.25, 0.3) is 11.2 Å². The zero-order valence-corrected chi connectivity index (χ0v) is 12.7. The van der Waals surface area contributed by atoms with Gasteiger partial charge >= 0.3 is 0 Å². The Morgan fingerprint density at radius 2 is 2.17 bits per heavy atom. The standard InChI is InChI=1S/C16H15F2N5O/c17-10-3-4-13(12(18)6-10)22-15-14-16(20-8-19-15)23(9-21-14)7-11-2-1-5-24-11/h3-4,6,8-9,11H,1-2,5,7H2,(H,19,20,22). The van der Waals surface area contributed by atoms with Gasteiger partial charge in [-0.3, -0.25) is 0 Å². The van der Waals surface area contributed by atoms with Gasteiger partial charge in [-0.05, 0) is 25.0 Å². The number of nitrogens with one attached hydrogen (secondary N) is 1. The second kappa shape index (κ2) is 6.12. The van der Waals surface area contributed by atoms with Crippen molar-refractivity contribution in [1.29, 1.82) is 0 Å². The number of benzene rings is 1. The van der Waals surface area contributed by atoms with E-state index >= 15 is 0 Å². The lowest BCUT2D eigenvalue weighted by Crippen LogP contribution is -2.14. The molecule has 2 aromatic heterocycles. The number of anilines is 2. The Kier molecular flexibility index (Phi) is 3.81. The van der Waals surface area contributed by atoms with Gasteiger partial charge in [0.2, 0.25) is 0 Å². The van der Waals surface area contributed by atoms with Gasteiger partial charge in [0.05, 0.1) is 24.7 Å². The van der Waals surface area contributed by atoms with Crippen LogP contribution in [0.3, 0.4) is 0 Å². The Balaban J connectivity index is 1.65. The van der Waals surface area contributed by atoms with Crippen LogP contribution in [0.1, 0.15) is 12.8 Å². The molecule has 1 aliphatic rings. The highest BCUT2D eigenvalue weighted by Gasteiger charge is 2.19. The highest BCUT2D eigenvalue weighted by molar-refractivity contribution is 5.85. The summed E-state index contributed by atoms with van der Waals surface area (Å²) < 4.78 is 34.4. The van der Waals surface area contributed by atoms with Crippen molar-refractivity contribution in [3.8, 4) is 0 Å². The minimum atomic E-state index is -0.694. The van der Waals surface area contributed by atoms with Crippen LogP contribution in [0, 0.1) is 11.6 Å². The highest BCUT2D eigenvalue weighted by Crippen LogP contribution is 2.25. The molecule has 1 saturated heterocycles. The molecule has 0 spiro atoms. The van der Waals surface area contributed by atoms with Crippen LogP contribution >= 0.6 is 0 Å². The summed E-state index contributed by atoms with van der Waals surface area (Å²) in [6.45, 7) is 1.45. The molecule has 4 rings (SSSR count). The number of hydrogen-bond donors (Lipinski definition) is 1. The third-order valence-electron chi connectivity index (χ3n) is 4.01. The second-order valence-electron chi connectivity index (χ2n) is 5.68. The van der Waals surface area contributed by atoms with Crippen molar-refractivity contribution < 1.29 is 13.5 Å². The van der Waals surface area contributed by atoms with Crippen molar-refractivity contribution in [1.82, 2.24) is 19.5 Å². The molecule has 6 nitrogen and oxygen atoms in total. The number of aromatic nitrogens is 4. The summed E-state index contributed by atoms with van der Waals surface area (Å²) in [7, 11) is 0. The Morgan fingerprint density at radius 1 is 1.25 bits per heavy atom. The molecular formula is C16H15F2N5O. The smallest absolute Gasteiger partial charge is 0.165 e. The summed E-state index contributed by atoms with van der Waals surface area (Å²) in [5.74, 6) is -0.955. The lowest BCUT2D eigenvalue weighted by molar-refractivity contribution is 0.0978. The lowest BCUT2D eigenvalue weighted by Gasteiger charge is -2.11. The second-order valence-corrected chi connectivity index (χ2v) is 5.68. The number of hydrogen-bond acceptors (Lipinski definition) is 5. The van der Waals surface area contributed by atoms with Crippen molar-refractivity contribution >= 4 is 22.7 Å². The molecule has 8 heteroatoms. The Hall–Kier alpha value is -2.61. The number of nitrogens with zero attached hydrogens (tertiary/aromatic N) is 4. The van der Waals surface area contributed by atoms with Crippen LogP contribution in [0.5, 0.6) is 0 Å². The molecule has 1 N–H and O–H groups in total. The van der Waals surface area contributed by atoms with E-state index in [0.29, 0.717) is 23.5 Å². The molecule has 0 amide bonds. The van der Waals surface area contributed by atoms with E-state index < -0.39 is 11.6 Å². The fourth-order valence-corrected chi connectivity index (χ4v) is 2.83. The molecule has 3 heterocycles. The van der Waals surface area contributed by atoms with E-state index in [9.17, 15) is 8.78 Å². The largest absolute Gasteiger partial charge is 0.376 e. The third-order valence-corrected chi connectivity index (χ3v) is 4.01. The van der Waals surface area contributed by atoms with Crippen LogP contribution in [0.4, 0.5) is 20.3 Å². The summed E-state index contributed by atoms with van der Waals surface area (Å²) in [5, 5.41) is 2.85. The van der Waals surface area contributed by atoms with Gasteiger partial charge in [-0.25, -0.2) is 23.7 Å². The number of halogens is 2. The average Bonchev–Trinajstić information content (AvgIpc) is 3.21. The predicted molar refractivity (Wildman–Crippen MR) is 83.9 cm³/mol. The zero-order valence-electron chi connectivity index (χ0n) is 12.7. The summed E-state index contributed by atoms with van der Waals surface area (Å²) in [6.07, 6.45) is 5.29. The van der Waals surface area contributed by atoms with E-state index in [1.807, 2.05) is 4.57 Å². The first kappa shape index (κ1) is 14.9. The molecule has 1 fully saturated rings. The van der Waals surface area contributed by atoms with Crippen LogP contribution in [-0.2, 0) is 11.3 Å². The SMILES string of the molecule is Fc1ccc(Nc2ncnc3c2ncn3CC2CCCO2)c(F)c1. The number of fused-ring (bicyclic) bond motifs is 1. The van der Waals surface area contributed by atoms with Gasteiger partial charge in [0.1, 0.15) is 18.0 Å². The van der Waals surface area contributed by atoms with Gasteiger partial charge in [-0.15, -0.1) is 0 Å². The fraction of sp³-hybridized carbons (Fsp3) is 0.312. The quantitative estimate of drug-likeness (QED) is 0.796. The molecule has 24 heavy (non-hydrogen) atoms. The molecule has 1 atom stereocenters. The van der Waals surface area contributed by atoms with Crippen LogP contribution < -0.4 is 5.32 Å². The van der Waals surface area contributed by atoms with Gasteiger partial charge in [0.15, 0.2) is 17.0 Å². The van der Waals surface area contributed by atoms with Crippen molar-refractivity contribution in [3.63, 3.8) is 0 Å². The number of ether oxygens (including phenoxy) is 1. The summed E-state index contributed by atoms with van der Waals surface area (Å²) >= 11 is 0. The minimum absolute atomic E-state index is 0.130. The normalized spacial score (nSPS) is 17.5. The van der Waals surface area contributed by atoms with Gasteiger partial charge in [0, 0.05) is 12.7 Å². The first-order valence-corrected chi connectivity index (χ1v) is 7.70. The first-order chi connectivity index (χ1) is 11.7. The Labute approximate surface area is 136 Å². The summed E-state index contributed by atoms with van der Waals surface area (Å²) in [6, 6.07) is 3.32. The predicted octanol–water partition coefficient (Wildman–Crippen LogP) is 3.03. The fourth-order valence-electron chi connectivity index (χ4n) is 2.83. The van der Waals surface area contributed by atoms with E-state index in [2.05, 4.69) is 20.3 Å². The zero-order chi connectivity index (χ0) is 16.5. The van der Waals surface area contributed by atoms with E-state index in [0.717, 1.165) is 25.5 Å². The molecule has 0 bridgehead atoms. The van der Waals surface area contributed by atoms with Crippen LogP contribution in [0.15, 0.2) is 30.9 Å². The van der Waals surface area contributed by atoms with Gasteiger partial charge in [0.25, 0.3) is 0 Å². The molecule has 1 aromatic carbocycles. The van der Waals surface area contributed by atoms with Crippen molar-refractivity contribution in [3.05, 3.63) is 42.5 Å². The molecule has 1 unspecified atom stereocenters. The number of imidazole rings is 1. The van der Waals surface area contributed by atoms with Gasteiger partial charge < -0.3 is 14.6 Å². The molecule has 124 valence electrons. The third kappa shape index (κ3) is 2.80. The lowest BCUT2D eigenvalue weighted by atomic mass is 10.2. The van der Waals surface area contributed by atoms with Gasteiger partial charge in [-0.1, -0.05) is 0 Å². The Bertz CT molecular complexity index is 876. The average molecular weight is 331 g/mol. The molecule has 0 saturated carbocycles. The molecule has 1 aliphatic heterocycles. The van der Waals surface area contributed by atoms with E-state index in [-0.39, 0.29) is 11.8 Å². The van der Waals surface area contributed by atoms with E-state index in [1.54, 1.807) is 6.33 Å². The maximum Gasteiger partial charge on any atom is 0.165 e. The maximum absolute atomic E-state index is 13.8. The van der Waals surface area contributed by atoms with Crippen molar-refractivity contribution in [2.24, 2.45) is 0 Å². The summed E-state index contributed by atoms with van der Waals surface area (Å²) in [5.41, 5.74) is 1.30. The van der Waals surface area contributed by atoms with E-state index in [4.69, 9.17) is 4.74 Å². The topological polar surface area (TPSA) is 64.9 Å². The first-order valence-electron chi connectivity index (χ1n) is 7.70. The number of rotatable bonds is 4. The van der Waals surface area contributed by atoms with Crippen LogP contribution in [0.2, 0.25) is 0 Å². The Morgan fingerprint density at radius 3 is 2.96 bits per heavy atom. The van der Waals surface area contributed by atoms with Crippen LogP contribution in [-0.4, -0.2) is 32.2 Å². The monoisotopic (exact) mass is 331 g/mol. The maximum atomic E-state index is 13.8. The molecule has 0 aliphatic carbocycles. The van der Waals surface area contributed by atoms with Crippen molar-refractivity contribution in [2.75, 3.05) is 11.9 Å². The molecule has 3 aromatic rings.